The quantitative estimate of drug-likeness (QED) is 0.842. The third kappa shape index (κ3) is 3.42. The van der Waals surface area contributed by atoms with Gasteiger partial charge in [-0.3, -0.25) is 9.52 Å². The zero-order chi connectivity index (χ0) is 15.8. The van der Waals surface area contributed by atoms with Crippen LogP contribution in [0.4, 0.5) is 5.69 Å². The Kier molecular flexibility index (Phi) is 4.67. The van der Waals surface area contributed by atoms with Crippen LogP contribution in [0.5, 0.6) is 0 Å². The number of hydrogen-bond donors (Lipinski definition) is 1. The Morgan fingerprint density at radius 1 is 1.24 bits per heavy atom. The molecule has 0 aliphatic rings. The van der Waals surface area contributed by atoms with Gasteiger partial charge in [-0.1, -0.05) is 29.3 Å². The number of anilines is 1. The molecule has 112 valence electrons. The van der Waals surface area contributed by atoms with Gasteiger partial charge in [0, 0.05) is 19.4 Å². The summed E-state index contributed by atoms with van der Waals surface area (Å²) in [5.74, 6) is 0. The van der Waals surface area contributed by atoms with Crippen molar-refractivity contribution >= 4 is 54.8 Å². The number of halogens is 3. The van der Waals surface area contributed by atoms with Crippen LogP contribution in [0.1, 0.15) is 0 Å². The molecule has 0 atom stereocenters. The molecule has 0 unspecified atom stereocenters. The van der Waals surface area contributed by atoms with Gasteiger partial charge >= 0.3 is 0 Å². The molecule has 0 saturated carbocycles. The molecule has 0 radical (unpaired) electrons. The Bertz CT molecular complexity index is 865. The van der Waals surface area contributed by atoms with Gasteiger partial charge in [-0.15, -0.1) is 0 Å². The van der Waals surface area contributed by atoms with Gasteiger partial charge in [-0.2, -0.15) is 0 Å². The van der Waals surface area contributed by atoms with Crippen molar-refractivity contribution in [2.45, 2.75) is 4.90 Å². The summed E-state index contributed by atoms with van der Waals surface area (Å²) in [6, 6.07) is 4.24. The summed E-state index contributed by atoms with van der Waals surface area (Å²) < 4.78 is 28.7. The molecule has 0 fully saturated rings. The summed E-state index contributed by atoms with van der Waals surface area (Å²) >= 11 is 14.8. The standard InChI is InChI=1S/C12H9BrCl2N2O3S/c1-17-5-7(13)12(18)9(6-17)16-21(19,20)10-4-2-3-8(14)11(10)15/h2-6,16H,1H3. The van der Waals surface area contributed by atoms with Crippen molar-refractivity contribution in [1.82, 2.24) is 4.57 Å². The van der Waals surface area contributed by atoms with Crippen LogP contribution in [0.2, 0.25) is 10.0 Å². The maximum Gasteiger partial charge on any atom is 0.263 e. The number of rotatable bonds is 3. The lowest BCUT2D eigenvalue weighted by Gasteiger charge is -2.11. The van der Waals surface area contributed by atoms with Crippen molar-refractivity contribution in [3.8, 4) is 0 Å². The molecule has 1 heterocycles. The Morgan fingerprint density at radius 3 is 2.57 bits per heavy atom. The number of pyridine rings is 1. The minimum atomic E-state index is -4.02. The second kappa shape index (κ2) is 6.00. The number of aryl methyl sites for hydroxylation is 1. The zero-order valence-corrected chi connectivity index (χ0v) is 14.5. The van der Waals surface area contributed by atoms with Crippen LogP contribution in [0.3, 0.4) is 0 Å². The van der Waals surface area contributed by atoms with Gasteiger partial charge in [0.15, 0.2) is 0 Å². The van der Waals surface area contributed by atoms with Gasteiger partial charge in [0.25, 0.3) is 10.0 Å². The third-order valence-electron chi connectivity index (χ3n) is 2.56. The topological polar surface area (TPSA) is 68.2 Å². The molecule has 0 spiro atoms. The van der Waals surface area contributed by atoms with E-state index in [1.165, 1.54) is 30.6 Å². The highest BCUT2D eigenvalue weighted by Crippen LogP contribution is 2.29. The fourth-order valence-corrected chi connectivity index (χ4v) is 3.98. The van der Waals surface area contributed by atoms with E-state index in [9.17, 15) is 13.2 Å². The van der Waals surface area contributed by atoms with E-state index in [2.05, 4.69) is 20.7 Å². The molecule has 2 aromatic rings. The highest BCUT2D eigenvalue weighted by molar-refractivity contribution is 9.10. The Morgan fingerprint density at radius 2 is 1.90 bits per heavy atom. The van der Waals surface area contributed by atoms with Gasteiger partial charge in [0.1, 0.15) is 10.6 Å². The molecule has 21 heavy (non-hydrogen) atoms. The van der Waals surface area contributed by atoms with E-state index >= 15 is 0 Å². The van der Waals surface area contributed by atoms with Crippen LogP contribution in [0, 0.1) is 0 Å². The molecule has 5 nitrogen and oxygen atoms in total. The summed E-state index contributed by atoms with van der Waals surface area (Å²) in [4.78, 5) is 11.7. The van der Waals surface area contributed by atoms with Crippen LogP contribution in [0.15, 0.2) is 44.8 Å². The van der Waals surface area contributed by atoms with Crippen molar-refractivity contribution in [3.63, 3.8) is 0 Å². The first-order chi connectivity index (χ1) is 9.72. The first-order valence-electron chi connectivity index (χ1n) is 5.55. The first kappa shape index (κ1) is 16.4. The SMILES string of the molecule is Cn1cc(Br)c(=O)c(NS(=O)(=O)c2cccc(Cl)c2Cl)c1. The monoisotopic (exact) mass is 410 g/mol. The van der Waals surface area contributed by atoms with Crippen molar-refractivity contribution in [2.75, 3.05) is 4.72 Å². The van der Waals surface area contributed by atoms with Crippen molar-refractivity contribution in [1.29, 1.82) is 0 Å². The van der Waals surface area contributed by atoms with E-state index in [1.807, 2.05) is 0 Å². The van der Waals surface area contributed by atoms with E-state index in [-0.39, 0.29) is 25.1 Å². The van der Waals surface area contributed by atoms with Crippen LogP contribution >= 0.6 is 39.1 Å². The molecule has 1 aromatic carbocycles. The number of sulfonamides is 1. The number of hydrogen-bond acceptors (Lipinski definition) is 3. The molecule has 0 aliphatic carbocycles. The second-order valence-electron chi connectivity index (χ2n) is 4.17. The zero-order valence-electron chi connectivity index (χ0n) is 10.6. The number of benzene rings is 1. The van der Waals surface area contributed by atoms with E-state index < -0.39 is 15.5 Å². The molecule has 2 rings (SSSR count). The molecule has 0 aliphatic heterocycles. The Hall–Kier alpha value is -1.02. The number of nitrogens with zero attached hydrogens (tertiary/aromatic N) is 1. The van der Waals surface area contributed by atoms with Gasteiger partial charge in [-0.05, 0) is 28.1 Å². The summed E-state index contributed by atoms with van der Waals surface area (Å²) in [7, 11) is -2.36. The fraction of sp³-hybridized carbons (Fsp3) is 0.0833. The third-order valence-corrected chi connectivity index (χ3v) is 5.46. The number of nitrogens with one attached hydrogen (secondary N) is 1. The highest BCUT2D eigenvalue weighted by Gasteiger charge is 2.21. The van der Waals surface area contributed by atoms with E-state index in [1.54, 1.807) is 11.6 Å². The molecule has 1 aromatic heterocycles. The predicted octanol–water partition coefficient (Wildman–Crippen LogP) is 3.26. The summed E-state index contributed by atoms with van der Waals surface area (Å²) in [5.41, 5.74) is -0.572. The molecular formula is C12H9BrCl2N2O3S. The summed E-state index contributed by atoms with van der Waals surface area (Å²) in [6.07, 6.45) is 2.88. The minimum absolute atomic E-state index is 0.0945. The minimum Gasteiger partial charge on any atom is -0.354 e. The average molecular weight is 412 g/mol. The van der Waals surface area contributed by atoms with Gasteiger partial charge in [0.05, 0.1) is 14.5 Å². The lowest BCUT2D eigenvalue weighted by molar-refractivity contribution is 0.601. The van der Waals surface area contributed by atoms with E-state index in [4.69, 9.17) is 23.2 Å². The Labute approximate surface area is 139 Å². The van der Waals surface area contributed by atoms with Gasteiger partial charge in [-0.25, -0.2) is 8.42 Å². The molecule has 1 N–H and O–H groups in total. The lowest BCUT2D eigenvalue weighted by Crippen LogP contribution is -2.20. The van der Waals surface area contributed by atoms with Crippen LogP contribution < -0.4 is 10.2 Å². The number of aromatic nitrogens is 1. The molecule has 0 saturated heterocycles. The molecular weight excluding hydrogens is 403 g/mol. The van der Waals surface area contributed by atoms with E-state index in [0.29, 0.717) is 0 Å². The van der Waals surface area contributed by atoms with Crippen LogP contribution in [-0.4, -0.2) is 13.0 Å². The molecule has 0 amide bonds. The normalized spacial score (nSPS) is 11.4. The lowest BCUT2D eigenvalue weighted by atomic mass is 10.4. The fourth-order valence-electron chi connectivity index (χ4n) is 1.63. The van der Waals surface area contributed by atoms with Crippen molar-refractivity contribution in [2.24, 2.45) is 7.05 Å². The maximum atomic E-state index is 12.3. The van der Waals surface area contributed by atoms with Crippen molar-refractivity contribution < 1.29 is 8.42 Å². The average Bonchev–Trinajstić information content (AvgIpc) is 2.38. The first-order valence-corrected chi connectivity index (χ1v) is 8.58. The predicted molar refractivity (Wildman–Crippen MR) is 86.7 cm³/mol. The largest absolute Gasteiger partial charge is 0.354 e. The summed E-state index contributed by atoms with van der Waals surface area (Å²) in [6.45, 7) is 0. The molecule has 0 bridgehead atoms. The smallest absolute Gasteiger partial charge is 0.263 e. The second-order valence-corrected chi connectivity index (χ2v) is 7.46. The van der Waals surface area contributed by atoms with Gasteiger partial charge in [0.2, 0.25) is 5.43 Å². The van der Waals surface area contributed by atoms with E-state index in [0.717, 1.165) is 0 Å². The Balaban J connectivity index is 2.53. The van der Waals surface area contributed by atoms with Crippen LogP contribution in [0.25, 0.3) is 0 Å². The summed E-state index contributed by atoms with van der Waals surface area (Å²) in [5, 5.41) is 0.0140. The van der Waals surface area contributed by atoms with Crippen LogP contribution in [-0.2, 0) is 17.1 Å². The van der Waals surface area contributed by atoms with Crippen molar-refractivity contribution in [3.05, 3.63) is 55.3 Å². The maximum absolute atomic E-state index is 12.3. The molecule has 9 heteroatoms. The van der Waals surface area contributed by atoms with Gasteiger partial charge < -0.3 is 4.57 Å². The highest BCUT2D eigenvalue weighted by atomic mass is 79.9.